The molecule has 194 valence electrons. The lowest BCUT2D eigenvalue weighted by Gasteiger charge is -2.35. The van der Waals surface area contributed by atoms with Crippen LogP contribution in [0.4, 0.5) is 10.1 Å². The number of halogens is 2. The van der Waals surface area contributed by atoms with Gasteiger partial charge >= 0.3 is 0 Å². The maximum absolute atomic E-state index is 14.6. The lowest BCUT2D eigenvalue weighted by atomic mass is 10.0. The molecule has 0 saturated carbocycles. The largest absolute Gasteiger partial charge is 0.486 e. The molecular weight excluding hydrogens is 493 g/mol. The molecule has 6 rings (SSSR count). The van der Waals surface area contributed by atoms with Crippen molar-refractivity contribution in [2.75, 3.05) is 50.8 Å². The summed E-state index contributed by atoms with van der Waals surface area (Å²) in [5.41, 5.74) is 1.92. The Labute approximate surface area is 221 Å². The fourth-order valence-corrected chi connectivity index (χ4v) is 5.71. The van der Waals surface area contributed by atoms with Crippen molar-refractivity contribution in [2.24, 2.45) is 5.92 Å². The van der Waals surface area contributed by atoms with Gasteiger partial charge in [-0.25, -0.2) is 4.39 Å². The molecule has 37 heavy (non-hydrogen) atoms. The zero-order valence-electron chi connectivity index (χ0n) is 20.7. The minimum atomic E-state index is -0.412. The normalized spacial score (nSPS) is 20.1. The molecule has 0 radical (unpaired) electrons. The zero-order chi connectivity index (χ0) is 25.4. The van der Waals surface area contributed by atoms with Crippen LogP contribution in [0.5, 0.6) is 11.5 Å². The molecule has 2 saturated heterocycles. The van der Waals surface area contributed by atoms with E-state index in [1.54, 1.807) is 0 Å². The Hall–Kier alpha value is -3.03. The van der Waals surface area contributed by atoms with E-state index >= 15 is 0 Å². The highest BCUT2D eigenvalue weighted by atomic mass is 35.5. The first kappa shape index (κ1) is 24.3. The number of ether oxygens (including phenoxy) is 2. The molecule has 2 unspecified atom stereocenters. The van der Waals surface area contributed by atoms with Crippen molar-refractivity contribution in [3.05, 3.63) is 64.9 Å². The monoisotopic (exact) mass is 523 g/mol. The third kappa shape index (κ3) is 5.34. The van der Waals surface area contributed by atoms with Gasteiger partial charge in [0.1, 0.15) is 13.2 Å². The van der Waals surface area contributed by atoms with Crippen molar-refractivity contribution in [3.8, 4) is 11.5 Å². The second-order valence-corrected chi connectivity index (χ2v) is 10.7. The van der Waals surface area contributed by atoms with E-state index < -0.39 is 5.82 Å². The van der Waals surface area contributed by atoms with Crippen LogP contribution in [0.2, 0.25) is 5.02 Å². The van der Waals surface area contributed by atoms with Crippen molar-refractivity contribution in [3.63, 3.8) is 0 Å². The molecule has 3 aliphatic heterocycles. The van der Waals surface area contributed by atoms with Crippen LogP contribution in [0, 0.1) is 11.7 Å². The Morgan fingerprint density at radius 3 is 2.70 bits per heavy atom. The Morgan fingerprint density at radius 1 is 1.05 bits per heavy atom. The molecule has 8 heteroatoms. The summed E-state index contributed by atoms with van der Waals surface area (Å²) < 4.78 is 25.7. The van der Waals surface area contributed by atoms with Crippen LogP contribution in [0.15, 0.2) is 48.5 Å². The van der Waals surface area contributed by atoms with E-state index in [0.29, 0.717) is 31.9 Å². The molecular formula is C29H31ClFN3O3. The van der Waals surface area contributed by atoms with E-state index in [2.05, 4.69) is 33.3 Å². The van der Waals surface area contributed by atoms with Crippen LogP contribution in [-0.2, 0) is 11.2 Å². The van der Waals surface area contributed by atoms with Crippen LogP contribution in [0.25, 0.3) is 10.8 Å². The summed E-state index contributed by atoms with van der Waals surface area (Å²) in [6, 6.07) is 15.5. The van der Waals surface area contributed by atoms with Gasteiger partial charge in [-0.1, -0.05) is 23.7 Å². The van der Waals surface area contributed by atoms with E-state index in [4.69, 9.17) is 21.1 Å². The molecule has 6 nitrogen and oxygen atoms in total. The van der Waals surface area contributed by atoms with Crippen LogP contribution in [0.3, 0.4) is 0 Å². The second kappa shape index (κ2) is 10.4. The second-order valence-electron chi connectivity index (χ2n) is 10.3. The van der Waals surface area contributed by atoms with E-state index in [-0.39, 0.29) is 23.6 Å². The summed E-state index contributed by atoms with van der Waals surface area (Å²) in [6.07, 6.45) is 2.52. The van der Waals surface area contributed by atoms with Gasteiger partial charge in [0.25, 0.3) is 0 Å². The first-order valence-corrected chi connectivity index (χ1v) is 13.4. The number of carbonyl (C=O) groups is 1. The maximum Gasteiger partial charge on any atom is 0.225 e. The maximum atomic E-state index is 14.6. The molecule has 2 fully saturated rings. The predicted octanol–water partition coefficient (Wildman–Crippen LogP) is 4.66. The van der Waals surface area contributed by atoms with Gasteiger partial charge in [0.05, 0.1) is 5.92 Å². The lowest BCUT2D eigenvalue weighted by Crippen LogP contribution is -2.50. The quantitative estimate of drug-likeness (QED) is 0.488. The average molecular weight is 524 g/mol. The molecule has 1 amide bonds. The topological polar surface area (TPSA) is 54.0 Å². The summed E-state index contributed by atoms with van der Waals surface area (Å²) in [7, 11) is 0. The number of hydrogen-bond acceptors (Lipinski definition) is 5. The highest BCUT2D eigenvalue weighted by Gasteiger charge is 2.31. The molecule has 0 spiro atoms. The van der Waals surface area contributed by atoms with Crippen LogP contribution in [0.1, 0.15) is 18.4 Å². The highest BCUT2D eigenvalue weighted by Crippen LogP contribution is 2.35. The standard InChI is InChI=1S/C29H31ClFN3O3/c30-23-4-2-21-16-25(5-3-20(21)15-23)34-9-6-22(17-34)29(35)32-24(18-33-7-1-8-33)12-19-13-26(31)28-27(14-19)36-10-11-37-28/h2-5,13-16,22,24H,1,6-12,17-18H2,(H,32,35). The molecule has 0 aromatic heterocycles. The number of likely N-dealkylation sites (tertiary alicyclic amines) is 1. The molecule has 0 aliphatic carbocycles. The fourth-order valence-electron chi connectivity index (χ4n) is 5.53. The van der Waals surface area contributed by atoms with Gasteiger partial charge < -0.3 is 24.6 Å². The minimum Gasteiger partial charge on any atom is -0.486 e. The van der Waals surface area contributed by atoms with Crippen molar-refractivity contribution < 1.29 is 18.7 Å². The summed E-state index contributed by atoms with van der Waals surface area (Å²) in [5.74, 6) is 0.196. The van der Waals surface area contributed by atoms with Crippen molar-refractivity contribution >= 4 is 34.0 Å². The average Bonchev–Trinajstić information content (AvgIpc) is 3.36. The van der Waals surface area contributed by atoms with Gasteiger partial charge in [-0.3, -0.25) is 4.79 Å². The number of rotatable bonds is 7. The molecule has 3 aliphatic rings. The van der Waals surface area contributed by atoms with Crippen molar-refractivity contribution in [1.82, 2.24) is 10.2 Å². The molecule has 3 aromatic carbocycles. The Morgan fingerprint density at radius 2 is 1.86 bits per heavy atom. The number of nitrogens with one attached hydrogen (secondary N) is 1. The Bertz CT molecular complexity index is 1320. The van der Waals surface area contributed by atoms with E-state index in [1.165, 1.54) is 12.5 Å². The third-order valence-electron chi connectivity index (χ3n) is 7.62. The SMILES string of the molecule is O=C(NC(Cc1cc(F)c2c(c1)OCCO2)CN1CCC1)C1CCN(c2ccc3cc(Cl)ccc3c2)C1. The summed E-state index contributed by atoms with van der Waals surface area (Å²) in [5, 5.41) is 6.27. The van der Waals surface area contributed by atoms with Gasteiger partial charge in [-0.05, 0) is 85.1 Å². The number of benzene rings is 3. The van der Waals surface area contributed by atoms with Gasteiger partial charge in [0, 0.05) is 36.4 Å². The van der Waals surface area contributed by atoms with Crippen LogP contribution >= 0.6 is 11.6 Å². The molecule has 3 aromatic rings. The smallest absolute Gasteiger partial charge is 0.225 e. The van der Waals surface area contributed by atoms with E-state index in [1.807, 2.05) is 24.3 Å². The molecule has 1 N–H and O–H groups in total. The number of amides is 1. The summed E-state index contributed by atoms with van der Waals surface area (Å²) >= 11 is 6.13. The third-order valence-corrected chi connectivity index (χ3v) is 7.86. The van der Waals surface area contributed by atoms with Gasteiger partial charge in [-0.15, -0.1) is 0 Å². The first-order chi connectivity index (χ1) is 18.0. The molecule has 0 bridgehead atoms. The first-order valence-electron chi connectivity index (χ1n) is 13.1. The fraction of sp³-hybridized carbons (Fsp3) is 0.414. The summed E-state index contributed by atoms with van der Waals surface area (Å²) in [6.45, 7) is 5.10. The van der Waals surface area contributed by atoms with Gasteiger partial charge in [0.2, 0.25) is 5.91 Å². The van der Waals surface area contributed by atoms with Crippen LogP contribution < -0.4 is 19.7 Å². The Kier molecular flexibility index (Phi) is 6.82. The van der Waals surface area contributed by atoms with Crippen molar-refractivity contribution in [1.29, 1.82) is 0 Å². The number of hydrogen-bond donors (Lipinski definition) is 1. The molecule has 2 atom stereocenters. The zero-order valence-corrected chi connectivity index (χ0v) is 21.5. The predicted molar refractivity (Wildman–Crippen MR) is 143 cm³/mol. The minimum absolute atomic E-state index is 0.0682. The van der Waals surface area contributed by atoms with Crippen LogP contribution in [-0.4, -0.2) is 62.8 Å². The van der Waals surface area contributed by atoms with Gasteiger partial charge in [0.15, 0.2) is 17.3 Å². The number of carbonyl (C=O) groups excluding carboxylic acids is 1. The van der Waals surface area contributed by atoms with E-state index in [0.717, 1.165) is 59.6 Å². The Balaban J connectivity index is 1.13. The van der Waals surface area contributed by atoms with Crippen molar-refractivity contribution in [2.45, 2.75) is 25.3 Å². The van der Waals surface area contributed by atoms with Gasteiger partial charge in [-0.2, -0.15) is 0 Å². The highest BCUT2D eigenvalue weighted by molar-refractivity contribution is 6.31. The number of nitrogens with zero attached hydrogens (tertiary/aromatic N) is 2. The van der Waals surface area contributed by atoms with E-state index in [9.17, 15) is 9.18 Å². The number of anilines is 1. The summed E-state index contributed by atoms with van der Waals surface area (Å²) in [4.78, 5) is 18.0. The number of fused-ring (bicyclic) bond motifs is 2. The molecule has 3 heterocycles. The lowest BCUT2D eigenvalue weighted by molar-refractivity contribution is -0.125.